The fraction of sp³-hybridized carbons (Fsp3) is 0.600. The predicted octanol–water partition coefficient (Wildman–Crippen LogP) is 1.72. The fourth-order valence-corrected chi connectivity index (χ4v) is 1.62. The summed E-state index contributed by atoms with van der Waals surface area (Å²) in [6.07, 6.45) is 3.20. The smallest absolute Gasteiger partial charge is 0.132 e. The number of ether oxygens (including phenoxy) is 1. The average molecular weight is 181 g/mol. The van der Waals surface area contributed by atoms with Gasteiger partial charge in [0.15, 0.2) is 0 Å². The summed E-state index contributed by atoms with van der Waals surface area (Å²) in [5.41, 5.74) is 0. The van der Waals surface area contributed by atoms with Crippen molar-refractivity contribution in [3.63, 3.8) is 0 Å². The lowest BCUT2D eigenvalue weighted by Gasteiger charge is -2.15. The van der Waals surface area contributed by atoms with Gasteiger partial charge in [0.2, 0.25) is 0 Å². The van der Waals surface area contributed by atoms with Gasteiger partial charge in [-0.15, -0.1) is 0 Å². The monoisotopic (exact) mass is 181 g/mol. The highest BCUT2D eigenvalue weighted by atomic mass is 16.5. The van der Waals surface area contributed by atoms with E-state index in [9.17, 15) is 0 Å². The molecule has 1 N–H and O–H groups in total. The van der Waals surface area contributed by atoms with Crippen molar-refractivity contribution >= 4 is 0 Å². The van der Waals surface area contributed by atoms with E-state index < -0.39 is 0 Å². The van der Waals surface area contributed by atoms with Gasteiger partial charge in [0.1, 0.15) is 11.9 Å². The molecule has 3 nitrogen and oxygen atoms in total. The van der Waals surface area contributed by atoms with Crippen LogP contribution in [0.5, 0.6) is 0 Å². The molecular weight excluding hydrogens is 166 g/mol. The van der Waals surface area contributed by atoms with Gasteiger partial charge in [-0.1, -0.05) is 0 Å². The van der Waals surface area contributed by atoms with Crippen molar-refractivity contribution in [1.29, 1.82) is 0 Å². The van der Waals surface area contributed by atoms with E-state index in [2.05, 4.69) is 5.32 Å². The third-order valence-electron chi connectivity index (χ3n) is 2.36. The van der Waals surface area contributed by atoms with Crippen LogP contribution in [0.2, 0.25) is 0 Å². The first-order valence-corrected chi connectivity index (χ1v) is 4.76. The van der Waals surface area contributed by atoms with Crippen LogP contribution in [0.3, 0.4) is 0 Å². The van der Waals surface area contributed by atoms with E-state index >= 15 is 0 Å². The van der Waals surface area contributed by atoms with E-state index in [1.165, 1.54) is 0 Å². The Morgan fingerprint density at radius 1 is 1.69 bits per heavy atom. The summed E-state index contributed by atoms with van der Waals surface area (Å²) in [5.74, 6) is 0.909. The number of rotatable bonds is 3. The summed E-state index contributed by atoms with van der Waals surface area (Å²) in [6.45, 7) is 4.05. The predicted molar refractivity (Wildman–Crippen MR) is 49.5 cm³/mol. The lowest BCUT2D eigenvalue weighted by atomic mass is 10.2. The normalized spacial score (nSPS) is 24.8. The molecule has 1 aliphatic rings. The second-order valence-electron chi connectivity index (χ2n) is 3.41. The maximum absolute atomic E-state index is 5.80. The van der Waals surface area contributed by atoms with E-state index in [4.69, 9.17) is 9.15 Å². The van der Waals surface area contributed by atoms with Crippen LogP contribution in [0.25, 0.3) is 0 Å². The lowest BCUT2D eigenvalue weighted by molar-refractivity contribution is -0.00297. The molecule has 0 amide bonds. The van der Waals surface area contributed by atoms with Crippen LogP contribution in [0.4, 0.5) is 0 Å². The Morgan fingerprint density at radius 3 is 3.23 bits per heavy atom. The van der Waals surface area contributed by atoms with Gasteiger partial charge in [0, 0.05) is 6.54 Å². The Hall–Kier alpha value is -0.800. The number of furan rings is 1. The fourth-order valence-electron chi connectivity index (χ4n) is 1.62. The molecule has 0 saturated carbocycles. The van der Waals surface area contributed by atoms with Gasteiger partial charge in [-0.05, 0) is 32.0 Å². The Bertz CT molecular complexity index is 239. The van der Waals surface area contributed by atoms with E-state index in [0.717, 1.165) is 25.3 Å². The molecule has 0 spiro atoms. The second-order valence-corrected chi connectivity index (χ2v) is 3.41. The quantitative estimate of drug-likeness (QED) is 0.771. The standard InChI is InChI=1S/C10H15NO2/c1-8(10-3-2-6-12-10)13-9-4-5-11-7-9/h2-3,6,8-9,11H,4-5,7H2,1H3/t8?,9-/m1/s1. The van der Waals surface area contributed by atoms with Gasteiger partial charge in [0.25, 0.3) is 0 Å². The number of nitrogens with one attached hydrogen (secondary N) is 1. The van der Waals surface area contributed by atoms with Crippen molar-refractivity contribution in [2.75, 3.05) is 13.1 Å². The van der Waals surface area contributed by atoms with Gasteiger partial charge < -0.3 is 14.5 Å². The van der Waals surface area contributed by atoms with Crippen LogP contribution in [0, 0.1) is 0 Å². The zero-order valence-electron chi connectivity index (χ0n) is 7.82. The van der Waals surface area contributed by atoms with Gasteiger partial charge in [-0.2, -0.15) is 0 Å². The molecule has 1 saturated heterocycles. The van der Waals surface area contributed by atoms with Crippen molar-refractivity contribution < 1.29 is 9.15 Å². The van der Waals surface area contributed by atoms with Crippen LogP contribution >= 0.6 is 0 Å². The van der Waals surface area contributed by atoms with Crippen molar-refractivity contribution in [3.05, 3.63) is 24.2 Å². The molecule has 0 bridgehead atoms. The third kappa shape index (κ3) is 2.11. The Balaban J connectivity index is 1.87. The van der Waals surface area contributed by atoms with Crippen molar-refractivity contribution in [2.24, 2.45) is 0 Å². The summed E-state index contributed by atoms with van der Waals surface area (Å²) < 4.78 is 11.1. The zero-order valence-corrected chi connectivity index (χ0v) is 7.82. The average Bonchev–Trinajstić information content (AvgIpc) is 2.74. The molecule has 3 heteroatoms. The highest BCUT2D eigenvalue weighted by Crippen LogP contribution is 2.20. The maximum Gasteiger partial charge on any atom is 0.132 e. The van der Waals surface area contributed by atoms with E-state index in [0.29, 0.717) is 6.10 Å². The molecule has 13 heavy (non-hydrogen) atoms. The lowest BCUT2D eigenvalue weighted by Crippen LogP contribution is -2.18. The van der Waals surface area contributed by atoms with E-state index in [1.807, 2.05) is 19.1 Å². The molecule has 0 aliphatic carbocycles. The summed E-state index contributed by atoms with van der Waals surface area (Å²) in [4.78, 5) is 0. The summed E-state index contributed by atoms with van der Waals surface area (Å²) in [6, 6.07) is 3.84. The van der Waals surface area contributed by atoms with Crippen molar-refractivity contribution in [2.45, 2.75) is 25.6 Å². The molecule has 2 heterocycles. The highest BCUT2D eigenvalue weighted by Gasteiger charge is 2.19. The molecule has 2 atom stereocenters. The Kier molecular flexibility index (Phi) is 2.66. The number of hydrogen-bond donors (Lipinski definition) is 1. The first kappa shape index (κ1) is 8.78. The summed E-state index contributed by atoms with van der Waals surface area (Å²) >= 11 is 0. The minimum atomic E-state index is 0.0694. The first-order chi connectivity index (χ1) is 6.36. The largest absolute Gasteiger partial charge is 0.467 e. The van der Waals surface area contributed by atoms with Crippen LogP contribution in [-0.2, 0) is 4.74 Å². The van der Waals surface area contributed by atoms with Crippen LogP contribution in [-0.4, -0.2) is 19.2 Å². The second kappa shape index (κ2) is 3.94. The van der Waals surface area contributed by atoms with Crippen LogP contribution < -0.4 is 5.32 Å². The van der Waals surface area contributed by atoms with E-state index in [1.54, 1.807) is 6.26 Å². The minimum absolute atomic E-state index is 0.0694. The van der Waals surface area contributed by atoms with E-state index in [-0.39, 0.29) is 6.10 Å². The molecule has 1 unspecified atom stereocenters. The molecular formula is C10H15NO2. The van der Waals surface area contributed by atoms with Crippen LogP contribution in [0.15, 0.2) is 22.8 Å². The molecule has 1 aromatic heterocycles. The zero-order chi connectivity index (χ0) is 9.10. The van der Waals surface area contributed by atoms with Gasteiger partial charge in [0.05, 0.1) is 12.4 Å². The maximum atomic E-state index is 5.80. The molecule has 1 aromatic rings. The molecule has 1 aliphatic heterocycles. The van der Waals surface area contributed by atoms with Crippen molar-refractivity contribution in [1.82, 2.24) is 5.32 Å². The van der Waals surface area contributed by atoms with Gasteiger partial charge >= 0.3 is 0 Å². The highest BCUT2D eigenvalue weighted by molar-refractivity contribution is 5.01. The van der Waals surface area contributed by atoms with Crippen molar-refractivity contribution in [3.8, 4) is 0 Å². The summed E-state index contributed by atoms with van der Waals surface area (Å²) in [7, 11) is 0. The summed E-state index contributed by atoms with van der Waals surface area (Å²) in [5, 5.41) is 3.27. The van der Waals surface area contributed by atoms with Gasteiger partial charge in [-0.3, -0.25) is 0 Å². The minimum Gasteiger partial charge on any atom is -0.467 e. The Labute approximate surface area is 78.1 Å². The Morgan fingerprint density at radius 2 is 2.62 bits per heavy atom. The number of hydrogen-bond acceptors (Lipinski definition) is 3. The molecule has 0 radical (unpaired) electrons. The van der Waals surface area contributed by atoms with Crippen LogP contribution in [0.1, 0.15) is 25.2 Å². The molecule has 1 fully saturated rings. The molecule has 2 rings (SSSR count). The third-order valence-corrected chi connectivity index (χ3v) is 2.36. The molecule has 72 valence electrons. The topological polar surface area (TPSA) is 34.4 Å². The van der Waals surface area contributed by atoms with Gasteiger partial charge in [-0.25, -0.2) is 0 Å². The molecule has 0 aromatic carbocycles. The first-order valence-electron chi connectivity index (χ1n) is 4.76. The SMILES string of the molecule is CC(O[C@@H]1CCNC1)c1ccco1.